The van der Waals surface area contributed by atoms with E-state index in [0.29, 0.717) is 18.8 Å². The van der Waals surface area contributed by atoms with E-state index in [2.05, 4.69) is 0 Å². The molecule has 0 aliphatic carbocycles. The number of anilines is 1. The van der Waals surface area contributed by atoms with E-state index in [4.69, 9.17) is 4.74 Å². The summed E-state index contributed by atoms with van der Waals surface area (Å²) in [5.74, 6) is 0.381. The molecule has 0 bridgehead atoms. The summed E-state index contributed by atoms with van der Waals surface area (Å²) in [6.45, 7) is 3.09. The van der Waals surface area contributed by atoms with Crippen molar-refractivity contribution in [2.24, 2.45) is 0 Å². The summed E-state index contributed by atoms with van der Waals surface area (Å²) >= 11 is 0. The van der Waals surface area contributed by atoms with E-state index < -0.39 is 10.0 Å². The molecule has 30 heavy (non-hydrogen) atoms. The molecule has 2 aliphatic heterocycles. The zero-order chi connectivity index (χ0) is 21.1. The van der Waals surface area contributed by atoms with Crippen LogP contribution in [0.25, 0.3) is 0 Å². The lowest BCUT2D eigenvalue weighted by atomic mass is 10.1. The highest BCUT2D eigenvalue weighted by atomic mass is 32.2. The number of benzene rings is 2. The van der Waals surface area contributed by atoms with Gasteiger partial charge in [-0.3, -0.25) is 4.79 Å². The quantitative estimate of drug-likeness (QED) is 0.730. The van der Waals surface area contributed by atoms with Crippen LogP contribution >= 0.6 is 0 Å². The van der Waals surface area contributed by atoms with Crippen molar-refractivity contribution in [2.45, 2.75) is 50.0 Å². The first-order chi connectivity index (χ1) is 14.5. The number of para-hydroxylation sites is 1. The number of hydrogen-bond acceptors (Lipinski definition) is 4. The van der Waals surface area contributed by atoms with Gasteiger partial charge in [0.05, 0.1) is 4.90 Å². The van der Waals surface area contributed by atoms with Crippen molar-refractivity contribution < 1.29 is 17.9 Å². The molecule has 160 valence electrons. The van der Waals surface area contributed by atoms with Gasteiger partial charge in [0, 0.05) is 24.8 Å². The Morgan fingerprint density at radius 2 is 1.67 bits per heavy atom. The second-order valence-corrected chi connectivity index (χ2v) is 9.96. The van der Waals surface area contributed by atoms with Crippen molar-refractivity contribution in [3.8, 4) is 5.75 Å². The molecule has 1 saturated heterocycles. The Balaban J connectivity index is 1.40. The Kier molecular flexibility index (Phi) is 6.11. The van der Waals surface area contributed by atoms with Gasteiger partial charge < -0.3 is 9.64 Å². The molecule has 1 amide bonds. The Morgan fingerprint density at radius 3 is 2.37 bits per heavy atom. The summed E-state index contributed by atoms with van der Waals surface area (Å²) in [5, 5.41) is 0. The zero-order valence-corrected chi connectivity index (χ0v) is 18.1. The molecular formula is C23H28N2O4S. The molecule has 7 heteroatoms. The second kappa shape index (κ2) is 8.78. The minimum absolute atomic E-state index is 0.0864. The summed E-state index contributed by atoms with van der Waals surface area (Å²) in [6.07, 6.45) is 4.80. The third-order valence-corrected chi connectivity index (χ3v) is 7.78. The van der Waals surface area contributed by atoms with Crippen LogP contribution in [-0.4, -0.2) is 44.4 Å². The molecule has 0 aromatic heterocycles. The van der Waals surface area contributed by atoms with E-state index in [1.165, 1.54) is 5.56 Å². The van der Waals surface area contributed by atoms with E-state index in [9.17, 15) is 13.2 Å². The predicted octanol–water partition coefficient (Wildman–Crippen LogP) is 3.61. The molecular weight excluding hydrogens is 400 g/mol. The molecule has 0 saturated carbocycles. The molecule has 1 fully saturated rings. The van der Waals surface area contributed by atoms with Crippen molar-refractivity contribution in [3.05, 3.63) is 54.1 Å². The predicted molar refractivity (Wildman–Crippen MR) is 116 cm³/mol. The summed E-state index contributed by atoms with van der Waals surface area (Å²) in [6, 6.07) is 14.4. The van der Waals surface area contributed by atoms with Gasteiger partial charge in [0.2, 0.25) is 10.0 Å². The first-order valence-corrected chi connectivity index (χ1v) is 12.0. The van der Waals surface area contributed by atoms with Crippen LogP contribution in [0.15, 0.2) is 53.4 Å². The van der Waals surface area contributed by atoms with Gasteiger partial charge in [-0.2, -0.15) is 4.31 Å². The van der Waals surface area contributed by atoms with Gasteiger partial charge in [-0.1, -0.05) is 31.0 Å². The molecule has 1 atom stereocenters. The average Bonchev–Trinajstić information content (AvgIpc) is 2.91. The lowest BCUT2D eigenvalue weighted by Crippen LogP contribution is -2.39. The molecule has 6 nitrogen and oxygen atoms in total. The second-order valence-electron chi connectivity index (χ2n) is 8.02. The fourth-order valence-electron chi connectivity index (χ4n) is 4.30. The Hall–Kier alpha value is -2.38. The van der Waals surface area contributed by atoms with Crippen molar-refractivity contribution >= 4 is 21.6 Å². The van der Waals surface area contributed by atoms with Crippen LogP contribution in [0.4, 0.5) is 5.69 Å². The number of nitrogens with zero attached hydrogens (tertiary/aromatic N) is 2. The number of hydrogen-bond donors (Lipinski definition) is 0. The van der Waals surface area contributed by atoms with Crippen molar-refractivity contribution in [1.29, 1.82) is 0 Å². The van der Waals surface area contributed by atoms with E-state index >= 15 is 0 Å². The Morgan fingerprint density at radius 1 is 1.00 bits per heavy atom. The maximum atomic E-state index is 12.9. The summed E-state index contributed by atoms with van der Waals surface area (Å²) in [7, 11) is -3.48. The number of sulfonamides is 1. The fourth-order valence-corrected chi connectivity index (χ4v) is 5.82. The number of fused-ring (bicyclic) bond motifs is 1. The molecule has 0 spiro atoms. The molecule has 2 heterocycles. The van der Waals surface area contributed by atoms with Crippen LogP contribution in [0, 0.1) is 0 Å². The monoisotopic (exact) mass is 428 g/mol. The minimum Gasteiger partial charge on any atom is -0.484 e. The molecule has 2 aromatic rings. The highest BCUT2D eigenvalue weighted by Gasteiger charge is 2.30. The number of carbonyl (C=O) groups excluding carboxylic acids is 1. The van der Waals surface area contributed by atoms with E-state index in [-0.39, 0.29) is 23.5 Å². The topological polar surface area (TPSA) is 66.9 Å². The van der Waals surface area contributed by atoms with Crippen molar-refractivity contribution in [2.75, 3.05) is 24.6 Å². The van der Waals surface area contributed by atoms with Crippen LogP contribution in [-0.2, 0) is 21.2 Å². The van der Waals surface area contributed by atoms with Gasteiger partial charge >= 0.3 is 0 Å². The molecule has 0 N–H and O–H groups in total. The van der Waals surface area contributed by atoms with E-state index in [1.54, 1.807) is 33.5 Å². The molecule has 2 aromatic carbocycles. The third-order valence-electron chi connectivity index (χ3n) is 5.86. The van der Waals surface area contributed by atoms with Crippen LogP contribution < -0.4 is 9.64 Å². The Labute approximate surface area is 178 Å². The summed E-state index contributed by atoms with van der Waals surface area (Å²) in [5.41, 5.74) is 2.11. The van der Waals surface area contributed by atoms with Crippen molar-refractivity contribution in [1.82, 2.24) is 4.31 Å². The maximum Gasteiger partial charge on any atom is 0.265 e. The number of amides is 1. The average molecular weight is 429 g/mol. The molecule has 0 unspecified atom stereocenters. The highest BCUT2D eigenvalue weighted by Crippen LogP contribution is 2.32. The first-order valence-electron chi connectivity index (χ1n) is 10.6. The largest absolute Gasteiger partial charge is 0.484 e. The normalized spacial score (nSPS) is 19.9. The van der Waals surface area contributed by atoms with Gasteiger partial charge in [0.1, 0.15) is 5.75 Å². The maximum absolute atomic E-state index is 12.9. The first kappa shape index (κ1) is 20.9. The number of carbonyl (C=O) groups is 1. The number of ether oxygens (including phenoxy) is 1. The SMILES string of the molecule is C[C@@H]1Cc2ccccc2N1C(=O)COc1ccc(S(=O)(=O)N2CCCCCC2)cc1. The molecule has 0 radical (unpaired) electrons. The van der Waals surface area contributed by atoms with Crippen LogP contribution in [0.5, 0.6) is 5.75 Å². The third kappa shape index (κ3) is 4.23. The van der Waals surface area contributed by atoms with Gasteiger partial charge in [-0.05, 0) is 62.1 Å². The molecule has 2 aliphatic rings. The zero-order valence-electron chi connectivity index (χ0n) is 17.3. The van der Waals surface area contributed by atoms with Crippen LogP contribution in [0.2, 0.25) is 0 Å². The van der Waals surface area contributed by atoms with Gasteiger partial charge in [-0.25, -0.2) is 8.42 Å². The summed E-state index contributed by atoms with van der Waals surface area (Å²) < 4.78 is 33.0. The standard InChI is InChI=1S/C23H28N2O4S/c1-18-16-19-8-4-5-9-22(19)25(18)23(26)17-29-20-10-12-21(13-11-20)30(27,28)24-14-6-2-3-7-15-24/h4-5,8-13,18H,2-3,6-7,14-17H2,1H3/t18-/m1/s1. The fraction of sp³-hybridized carbons (Fsp3) is 0.435. The van der Waals surface area contributed by atoms with Gasteiger partial charge in [0.25, 0.3) is 5.91 Å². The van der Waals surface area contributed by atoms with Gasteiger partial charge in [-0.15, -0.1) is 0 Å². The van der Waals surface area contributed by atoms with Crippen molar-refractivity contribution in [3.63, 3.8) is 0 Å². The van der Waals surface area contributed by atoms with E-state index in [1.807, 2.05) is 31.2 Å². The van der Waals surface area contributed by atoms with Crippen LogP contribution in [0.3, 0.4) is 0 Å². The highest BCUT2D eigenvalue weighted by molar-refractivity contribution is 7.89. The van der Waals surface area contributed by atoms with Gasteiger partial charge in [0.15, 0.2) is 6.61 Å². The summed E-state index contributed by atoms with van der Waals surface area (Å²) in [4.78, 5) is 14.8. The van der Waals surface area contributed by atoms with Crippen LogP contribution in [0.1, 0.15) is 38.2 Å². The van der Waals surface area contributed by atoms with E-state index in [0.717, 1.165) is 37.8 Å². The smallest absolute Gasteiger partial charge is 0.265 e. The lowest BCUT2D eigenvalue weighted by molar-refractivity contribution is -0.120. The minimum atomic E-state index is -3.48. The number of rotatable bonds is 5. The molecule has 4 rings (SSSR count). The Bertz CT molecular complexity index is 996. The lowest BCUT2D eigenvalue weighted by Gasteiger charge is -2.23.